The molecule has 5 rings (SSSR count). The van der Waals surface area contributed by atoms with E-state index < -0.39 is 15.9 Å². The van der Waals surface area contributed by atoms with Crippen molar-refractivity contribution in [1.29, 1.82) is 0 Å². The number of carbonyl (C=O) groups is 1. The quantitative estimate of drug-likeness (QED) is 0.310. The highest BCUT2D eigenvalue weighted by atomic mass is 32.2. The van der Waals surface area contributed by atoms with E-state index in [0.29, 0.717) is 21.7 Å². The molecular weight excluding hydrogens is 470 g/mol. The second-order valence-electron chi connectivity index (χ2n) is 8.12. The van der Waals surface area contributed by atoms with Crippen molar-refractivity contribution in [2.75, 3.05) is 12.3 Å². The number of hydrogen-bond acceptors (Lipinski definition) is 6. The number of carbonyl (C=O) groups excluding carboxylic acids is 1. The van der Waals surface area contributed by atoms with Gasteiger partial charge in [0.05, 0.1) is 22.2 Å². The van der Waals surface area contributed by atoms with Crippen LogP contribution in [0.3, 0.4) is 0 Å². The molecule has 3 aromatic carbocycles. The van der Waals surface area contributed by atoms with Gasteiger partial charge in [0.1, 0.15) is 4.90 Å². The van der Waals surface area contributed by atoms with Crippen LogP contribution in [0.5, 0.6) is 0 Å². The average molecular weight is 492 g/mol. The van der Waals surface area contributed by atoms with E-state index in [1.807, 2.05) is 38.1 Å². The first-order valence-corrected chi connectivity index (χ1v) is 13.1. The van der Waals surface area contributed by atoms with Gasteiger partial charge in [-0.1, -0.05) is 42.1 Å². The Morgan fingerprint density at radius 1 is 0.912 bits per heavy atom. The van der Waals surface area contributed by atoms with Crippen LogP contribution in [0.2, 0.25) is 0 Å². The summed E-state index contributed by atoms with van der Waals surface area (Å²) in [7, 11) is -3.88. The van der Waals surface area contributed by atoms with Gasteiger partial charge in [-0.05, 0) is 61.4 Å². The van der Waals surface area contributed by atoms with Gasteiger partial charge in [0, 0.05) is 12.3 Å². The predicted octanol–water partition coefficient (Wildman–Crippen LogP) is 3.94. The number of aromatic nitrogens is 2. The Morgan fingerprint density at radius 2 is 1.59 bits per heavy atom. The van der Waals surface area contributed by atoms with E-state index in [2.05, 4.69) is 0 Å². The lowest BCUT2D eigenvalue weighted by molar-refractivity contribution is 0.0876. The summed E-state index contributed by atoms with van der Waals surface area (Å²) in [5, 5.41) is 0.939. The summed E-state index contributed by atoms with van der Waals surface area (Å²) in [4.78, 5) is 30.9. The Bertz CT molecular complexity index is 1610. The zero-order chi connectivity index (χ0) is 24.0. The van der Waals surface area contributed by atoms with Crippen LogP contribution in [0.25, 0.3) is 16.6 Å². The molecule has 2 heterocycles. The van der Waals surface area contributed by atoms with Crippen LogP contribution in [0.15, 0.2) is 81.6 Å². The normalized spacial score (nSPS) is 14.5. The van der Waals surface area contributed by atoms with Gasteiger partial charge in [-0.2, -0.15) is 0 Å². The maximum atomic E-state index is 13.4. The number of aryl methyl sites for hydroxylation is 2. The fourth-order valence-electron chi connectivity index (χ4n) is 4.19. The minimum atomic E-state index is -3.88. The number of thioether (sulfide) groups is 1. The summed E-state index contributed by atoms with van der Waals surface area (Å²) < 4.78 is 28.2. The van der Waals surface area contributed by atoms with Gasteiger partial charge in [0.2, 0.25) is 0 Å². The minimum absolute atomic E-state index is 0.0287. The van der Waals surface area contributed by atoms with Crippen molar-refractivity contribution >= 4 is 38.6 Å². The Labute approximate surface area is 201 Å². The van der Waals surface area contributed by atoms with Gasteiger partial charge in [0.15, 0.2) is 5.16 Å². The lowest BCUT2D eigenvalue weighted by Gasteiger charge is -2.17. The minimum Gasteiger partial charge on any atom is -0.268 e. The van der Waals surface area contributed by atoms with Gasteiger partial charge in [-0.3, -0.25) is 14.2 Å². The van der Waals surface area contributed by atoms with E-state index >= 15 is 0 Å². The Morgan fingerprint density at radius 3 is 2.32 bits per heavy atom. The Balaban J connectivity index is 1.51. The van der Waals surface area contributed by atoms with E-state index in [1.165, 1.54) is 23.9 Å². The van der Waals surface area contributed by atoms with Crippen molar-refractivity contribution in [3.63, 3.8) is 0 Å². The molecule has 0 spiro atoms. The smallest absolute Gasteiger partial charge is 0.268 e. The van der Waals surface area contributed by atoms with Crippen molar-refractivity contribution in [1.82, 2.24) is 13.9 Å². The molecule has 9 heteroatoms. The summed E-state index contributed by atoms with van der Waals surface area (Å²) in [5.41, 5.74) is 3.27. The summed E-state index contributed by atoms with van der Waals surface area (Å²) in [6, 6.07) is 19.2. The molecule has 0 atom stereocenters. The van der Waals surface area contributed by atoms with Crippen LogP contribution < -0.4 is 5.56 Å². The SMILES string of the molecule is Cc1cc(C)cc(-n2c(SCCN3C(=O)c4ccccc4S3(=O)=O)nc3ccccc3c2=O)c1. The van der Waals surface area contributed by atoms with E-state index in [4.69, 9.17) is 4.98 Å². The standard InChI is InChI=1S/C25H21N3O4S2/c1-16-13-17(2)15-18(14-16)28-24(30)19-7-3-5-9-21(19)26-25(28)33-12-11-27-23(29)20-8-4-6-10-22(20)34(27,31)32/h3-10,13-15H,11-12H2,1-2H3. The first-order chi connectivity index (χ1) is 16.3. The highest BCUT2D eigenvalue weighted by Crippen LogP contribution is 2.31. The molecule has 0 saturated carbocycles. The van der Waals surface area contributed by atoms with Gasteiger partial charge >= 0.3 is 0 Å². The molecule has 0 fully saturated rings. The maximum Gasteiger partial charge on any atom is 0.269 e. The van der Waals surface area contributed by atoms with Crippen molar-refractivity contribution in [3.05, 3.63) is 93.8 Å². The van der Waals surface area contributed by atoms with Gasteiger partial charge < -0.3 is 0 Å². The van der Waals surface area contributed by atoms with Crippen LogP contribution in [-0.2, 0) is 10.0 Å². The predicted molar refractivity (Wildman–Crippen MR) is 132 cm³/mol. The number of rotatable bonds is 5. The van der Waals surface area contributed by atoms with Crippen molar-refractivity contribution in [2.24, 2.45) is 0 Å². The second-order valence-corrected chi connectivity index (χ2v) is 11.0. The molecule has 4 aromatic rings. The molecule has 0 radical (unpaired) electrons. The third-order valence-electron chi connectivity index (χ3n) is 5.65. The molecule has 0 N–H and O–H groups in total. The molecule has 7 nitrogen and oxygen atoms in total. The van der Waals surface area contributed by atoms with Crippen molar-refractivity contribution in [3.8, 4) is 5.69 Å². The molecule has 1 aliphatic heterocycles. The van der Waals surface area contributed by atoms with E-state index in [0.717, 1.165) is 15.4 Å². The summed E-state index contributed by atoms with van der Waals surface area (Å²) in [6.07, 6.45) is 0. The molecule has 1 aliphatic rings. The van der Waals surface area contributed by atoms with Gasteiger partial charge in [-0.15, -0.1) is 0 Å². The van der Waals surface area contributed by atoms with E-state index in [-0.39, 0.29) is 28.3 Å². The molecule has 0 saturated heterocycles. The molecule has 172 valence electrons. The number of hydrogen-bond donors (Lipinski definition) is 0. The zero-order valence-corrected chi connectivity index (χ0v) is 20.2. The largest absolute Gasteiger partial charge is 0.269 e. The highest BCUT2D eigenvalue weighted by molar-refractivity contribution is 7.99. The fraction of sp³-hybridized carbons (Fsp3) is 0.160. The number of amides is 1. The second kappa shape index (κ2) is 8.41. The lowest BCUT2D eigenvalue weighted by Crippen LogP contribution is -2.32. The number of para-hydroxylation sites is 1. The molecule has 1 aromatic heterocycles. The van der Waals surface area contributed by atoms with Crippen molar-refractivity contribution in [2.45, 2.75) is 23.9 Å². The first kappa shape index (κ1) is 22.4. The zero-order valence-electron chi connectivity index (χ0n) is 18.6. The topological polar surface area (TPSA) is 89.3 Å². The van der Waals surface area contributed by atoms with Crippen LogP contribution in [0.4, 0.5) is 0 Å². The molecule has 0 aliphatic carbocycles. The summed E-state index contributed by atoms with van der Waals surface area (Å²) in [5.74, 6) is -0.288. The summed E-state index contributed by atoms with van der Waals surface area (Å²) >= 11 is 1.24. The number of nitrogens with zero attached hydrogens (tertiary/aromatic N) is 3. The summed E-state index contributed by atoms with van der Waals surface area (Å²) in [6.45, 7) is 3.89. The Hall–Kier alpha value is -3.43. The molecule has 0 unspecified atom stereocenters. The highest BCUT2D eigenvalue weighted by Gasteiger charge is 2.40. The fourth-order valence-corrected chi connectivity index (χ4v) is 6.81. The van der Waals surface area contributed by atoms with Crippen LogP contribution >= 0.6 is 11.8 Å². The first-order valence-electron chi connectivity index (χ1n) is 10.7. The maximum absolute atomic E-state index is 13.4. The van der Waals surface area contributed by atoms with Crippen molar-refractivity contribution < 1.29 is 13.2 Å². The van der Waals surface area contributed by atoms with Crippen LogP contribution in [0.1, 0.15) is 21.5 Å². The third kappa shape index (κ3) is 3.70. The number of fused-ring (bicyclic) bond motifs is 2. The van der Waals surface area contributed by atoms with Gasteiger partial charge in [-0.25, -0.2) is 17.7 Å². The average Bonchev–Trinajstić information content (AvgIpc) is 2.99. The third-order valence-corrected chi connectivity index (χ3v) is 8.41. The number of sulfonamides is 1. The number of benzene rings is 3. The molecular formula is C25H21N3O4S2. The van der Waals surface area contributed by atoms with Crippen LogP contribution in [-0.4, -0.2) is 40.5 Å². The van der Waals surface area contributed by atoms with Crippen LogP contribution in [0, 0.1) is 13.8 Å². The molecule has 1 amide bonds. The van der Waals surface area contributed by atoms with E-state index in [9.17, 15) is 18.0 Å². The monoisotopic (exact) mass is 491 g/mol. The molecule has 34 heavy (non-hydrogen) atoms. The molecule has 0 bridgehead atoms. The Kier molecular flexibility index (Phi) is 5.53. The van der Waals surface area contributed by atoms with E-state index in [1.54, 1.807) is 34.9 Å². The van der Waals surface area contributed by atoms with Gasteiger partial charge in [0.25, 0.3) is 21.5 Å². The lowest BCUT2D eigenvalue weighted by atomic mass is 10.1.